The van der Waals surface area contributed by atoms with Gasteiger partial charge < -0.3 is 14.8 Å². The average Bonchev–Trinajstić information content (AvgIpc) is 2.54. The number of carbonyl (C=O) groups is 1. The molecule has 2 aromatic carbocycles. The summed E-state index contributed by atoms with van der Waals surface area (Å²) < 4.78 is 25.0. The van der Waals surface area contributed by atoms with Crippen molar-refractivity contribution in [3.63, 3.8) is 0 Å². The third-order valence-corrected chi connectivity index (χ3v) is 3.36. The molecule has 23 heavy (non-hydrogen) atoms. The number of anilines is 1. The molecule has 0 spiro atoms. The van der Waals surface area contributed by atoms with Gasteiger partial charge >= 0.3 is 0 Å². The van der Waals surface area contributed by atoms with Crippen molar-refractivity contribution in [3.8, 4) is 11.5 Å². The minimum absolute atomic E-state index is 0.116. The minimum atomic E-state index is -0.509. The first-order valence-corrected chi connectivity index (χ1v) is 7.98. The van der Waals surface area contributed by atoms with Gasteiger partial charge in [-0.05, 0) is 48.9 Å². The molecule has 0 saturated carbocycles. The van der Waals surface area contributed by atoms with Gasteiger partial charge in [0.05, 0.1) is 12.3 Å². The Bertz CT molecular complexity index is 661. The number of hydrogen-bond acceptors (Lipinski definition) is 3. The summed E-state index contributed by atoms with van der Waals surface area (Å²) in [4.78, 5) is 11.8. The smallest absolute Gasteiger partial charge is 0.262 e. The summed E-state index contributed by atoms with van der Waals surface area (Å²) in [5.74, 6) is 0.351. The van der Waals surface area contributed by atoms with Crippen LogP contribution < -0.4 is 14.8 Å². The zero-order chi connectivity index (χ0) is 16.7. The van der Waals surface area contributed by atoms with Crippen molar-refractivity contribution in [2.24, 2.45) is 0 Å². The summed E-state index contributed by atoms with van der Waals surface area (Å²) in [5.41, 5.74) is 0.116. The summed E-state index contributed by atoms with van der Waals surface area (Å²) >= 11 is 3.16. The fraction of sp³-hybridized carbons (Fsp3) is 0.235. The first kappa shape index (κ1) is 17.3. The van der Waals surface area contributed by atoms with Crippen LogP contribution in [0.2, 0.25) is 0 Å². The molecule has 6 heteroatoms. The summed E-state index contributed by atoms with van der Waals surface area (Å²) in [6.45, 7) is 2.48. The first-order chi connectivity index (χ1) is 11.1. The average molecular weight is 382 g/mol. The lowest BCUT2D eigenvalue weighted by atomic mass is 10.3. The maximum Gasteiger partial charge on any atom is 0.262 e. The van der Waals surface area contributed by atoms with Gasteiger partial charge in [0.15, 0.2) is 6.61 Å². The van der Waals surface area contributed by atoms with Crippen molar-refractivity contribution in [3.05, 3.63) is 52.8 Å². The molecule has 0 unspecified atom stereocenters. The number of rotatable bonds is 7. The van der Waals surface area contributed by atoms with E-state index in [1.165, 1.54) is 12.1 Å². The molecule has 1 N–H and O–H groups in total. The third kappa shape index (κ3) is 5.56. The highest BCUT2D eigenvalue weighted by Gasteiger charge is 2.08. The van der Waals surface area contributed by atoms with Gasteiger partial charge in [-0.3, -0.25) is 4.79 Å². The van der Waals surface area contributed by atoms with E-state index in [2.05, 4.69) is 21.2 Å². The largest absolute Gasteiger partial charge is 0.494 e. The lowest BCUT2D eigenvalue weighted by Gasteiger charge is -2.09. The highest BCUT2D eigenvalue weighted by atomic mass is 79.9. The number of ether oxygens (including phenoxy) is 2. The van der Waals surface area contributed by atoms with E-state index >= 15 is 0 Å². The normalized spacial score (nSPS) is 10.2. The molecule has 0 aliphatic rings. The van der Waals surface area contributed by atoms with Crippen LogP contribution in [-0.2, 0) is 4.79 Å². The molecule has 0 aliphatic heterocycles. The van der Waals surface area contributed by atoms with Crippen molar-refractivity contribution < 1.29 is 18.7 Å². The number of hydrogen-bond donors (Lipinski definition) is 1. The molecule has 122 valence electrons. The van der Waals surface area contributed by atoms with Crippen molar-refractivity contribution in [1.82, 2.24) is 0 Å². The van der Waals surface area contributed by atoms with Gasteiger partial charge in [0.1, 0.15) is 17.3 Å². The molecule has 0 atom stereocenters. The van der Waals surface area contributed by atoms with Gasteiger partial charge in [-0.1, -0.05) is 22.9 Å². The molecule has 2 rings (SSSR count). The standard InChI is InChI=1S/C17H17BrFNO3/c1-2-9-22-13-4-6-14(7-5-13)23-11-17(21)20-16-8-3-12(18)10-15(16)19/h3-8,10H,2,9,11H2,1H3,(H,20,21). The van der Waals surface area contributed by atoms with Crippen molar-refractivity contribution in [1.29, 1.82) is 0 Å². The van der Waals surface area contributed by atoms with Gasteiger partial charge in [-0.2, -0.15) is 0 Å². The molecule has 0 heterocycles. The zero-order valence-corrected chi connectivity index (χ0v) is 14.2. The Balaban J connectivity index is 1.84. The van der Waals surface area contributed by atoms with Crippen molar-refractivity contribution in [2.75, 3.05) is 18.5 Å². The van der Waals surface area contributed by atoms with E-state index in [4.69, 9.17) is 9.47 Å². The molecule has 0 bridgehead atoms. The van der Waals surface area contributed by atoms with Gasteiger partial charge in [-0.15, -0.1) is 0 Å². The number of carbonyl (C=O) groups excluding carboxylic acids is 1. The Morgan fingerprint density at radius 1 is 1.13 bits per heavy atom. The number of halogens is 2. The van der Waals surface area contributed by atoms with Crippen LogP contribution in [0.3, 0.4) is 0 Å². The summed E-state index contributed by atoms with van der Waals surface area (Å²) in [6.07, 6.45) is 0.936. The highest BCUT2D eigenvalue weighted by molar-refractivity contribution is 9.10. The molecule has 0 aromatic heterocycles. The second-order valence-electron chi connectivity index (χ2n) is 4.78. The van der Waals surface area contributed by atoms with Crippen LogP contribution in [0.5, 0.6) is 11.5 Å². The predicted molar refractivity (Wildman–Crippen MR) is 90.5 cm³/mol. The Labute approximate surface area is 142 Å². The summed E-state index contributed by atoms with van der Waals surface area (Å²) in [5, 5.41) is 2.46. The number of amides is 1. The molecular formula is C17H17BrFNO3. The third-order valence-electron chi connectivity index (χ3n) is 2.87. The van der Waals surface area contributed by atoms with Gasteiger partial charge in [0.25, 0.3) is 5.91 Å². The fourth-order valence-corrected chi connectivity index (χ4v) is 2.11. The fourth-order valence-electron chi connectivity index (χ4n) is 1.78. The van der Waals surface area contributed by atoms with Crippen LogP contribution in [0.25, 0.3) is 0 Å². The lowest BCUT2D eigenvalue weighted by molar-refractivity contribution is -0.118. The van der Waals surface area contributed by atoms with Crippen LogP contribution >= 0.6 is 15.9 Å². The van der Waals surface area contributed by atoms with E-state index in [0.717, 1.165) is 12.2 Å². The second kappa shape index (κ2) is 8.53. The maximum absolute atomic E-state index is 13.6. The van der Waals surface area contributed by atoms with E-state index in [1.807, 2.05) is 6.92 Å². The van der Waals surface area contributed by atoms with E-state index in [9.17, 15) is 9.18 Å². The van der Waals surface area contributed by atoms with Crippen LogP contribution in [0, 0.1) is 5.82 Å². The van der Waals surface area contributed by atoms with Crippen LogP contribution in [0.4, 0.5) is 10.1 Å². The highest BCUT2D eigenvalue weighted by Crippen LogP contribution is 2.20. The second-order valence-corrected chi connectivity index (χ2v) is 5.70. The van der Waals surface area contributed by atoms with E-state index in [-0.39, 0.29) is 12.3 Å². The maximum atomic E-state index is 13.6. The SMILES string of the molecule is CCCOc1ccc(OCC(=O)Nc2ccc(Br)cc2F)cc1. The molecule has 4 nitrogen and oxygen atoms in total. The molecule has 1 amide bonds. The molecular weight excluding hydrogens is 365 g/mol. The van der Waals surface area contributed by atoms with E-state index in [1.54, 1.807) is 30.3 Å². The minimum Gasteiger partial charge on any atom is -0.494 e. The molecule has 0 aliphatic carbocycles. The molecule has 0 fully saturated rings. The molecule has 2 aromatic rings. The first-order valence-electron chi connectivity index (χ1n) is 7.19. The Kier molecular flexibility index (Phi) is 6.40. The predicted octanol–water partition coefficient (Wildman–Crippen LogP) is 4.39. The number of benzene rings is 2. The Morgan fingerprint density at radius 2 is 1.78 bits per heavy atom. The van der Waals surface area contributed by atoms with Crippen LogP contribution in [-0.4, -0.2) is 19.1 Å². The van der Waals surface area contributed by atoms with Crippen molar-refractivity contribution in [2.45, 2.75) is 13.3 Å². The van der Waals surface area contributed by atoms with Gasteiger partial charge in [-0.25, -0.2) is 4.39 Å². The zero-order valence-electron chi connectivity index (χ0n) is 12.6. The monoisotopic (exact) mass is 381 g/mol. The molecule has 0 radical (unpaired) electrons. The number of nitrogens with one attached hydrogen (secondary N) is 1. The van der Waals surface area contributed by atoms with E-state index in [0.29, 0.717) is 16.8 Å². The lowest BCUT2D eigenvalue weighted by Crippen LogP contribution is -2.20. The Morgan fingerprint density at radius 3 is 2.39 bits per heavy atom. The topological polar surface area (TPSA) is 47.6 Å². The van der Waals surface area contributed by atoms with Gasteiger partial charge in [0, 0.05) is 4.47 Å². The summed E-state index contributed by atoms with van der Waals surface area (Å²) in [6, 6.07) is 11.4. The molecule has 0 saturated heterocycles. The van der Waals surface area contributed by atoms with Gasteiger partial charge in [0.2, 0.25) is 0 Å². The van der Waals surface area contributed by atoms with E-state index < -0.39 is 11.7 Å². The van der Waals surface area contributed by atoms with Crippen LogP contribution in [0.15, 0.2) is 46.9 Å². The Hall–Kier alpha value is -2.08. The quantitative estimate of drug-likeness (QED) is 0.773. The summed E-state index contributed by atoms with van der Waals surface area (Å²) in [7, 11) is 0. The van der Waals surface area contributed by atoms with Crippen molar-refractivity contribution >= 4 is 27.5 Å². The van der Waals surface area contributed by atoms with Crippen LogP contribution in [0.1, 0.15) is 13.3 Å².